The minimum Gasteiger partial charge on any atom is -0.390 e. The highest BCUT2D eigenvalue weighted by atomic mass is 31.2. The third-order valence-corrected chi connectivity index (χ3v) is 8.45. The maximum absolute atomic E-state index is 13.7. The summed E-state index contributed by atoms with van der Waals surface area (Å²) in [4.78, 5) is 30.7. The van der Waals surface area contributed by atoms with Gasteiger partial charge in [0.05, 0.1) is 12.6 Å². The van der Waals surface area contributed by atoms with Gasteiger partial charge in [0.15, 0.2) is 5.69 Å². The predicted molar refractivity (Wildman–Crippen MR) is 148 cm³/mol. The van der Waals surface area contributed by atoms with Crippen molar-refractivity contribution in [2.45, 2.75) is 91.7 Å². The lowest BCUT2D eigenvalue weighted by atomic mass is 9.76. The van der Waals surface area contributed by atoms with Gasteiger partial charge in [0.2, 0.25) is 0 Å². The Balaban J connectivity index is 2.67. The van der Waals surface area contributed by atoms with Crippen molar-refractivity contribution in [2.75, 3.05) is 13.1 Å². The second-order valence-electron chi connectivity index (χ2n) is 11.5. The molecule has 0 fully saturated rings. The second kappa shape index (κ2) is 12.2. The summed E-state index contributed by atoms with van der Waals surface area (Å²) in [6.45, 7) is 16.0. The Bertz CT molecular complexity index is 1220. The van der Waals surface area contributed by atoms with Gasteiger partial charge in [0.25, 0.3) is 0 Å². The normalized spacial score (nSPS) is 15.1. The van der Waals surface area contributed by atoms with Gasteiger partial charge in [-0.3, -0.25) is 9.09 Å². The standard InChI is InChI=1S/C24H43N8O6P/c1-10-13-29(14-11-2)39(25,37)38-19(17(3)4)18-20(27-22(28(18)9)32(35)36)23(5,6)16-24(7,8)30-15-12-26-21(30)31(33)34/h12,15,17,19H,10-11,13-14,16H2,1-9H3,(H2,25,37). The molecule has 0 radical (unpaired) electrons. The lowest BCUT2D eigenvalue weighted by Crippen LogP contribution is -2.36. The van der Waals surface area contributed by atoms with Crippen LogP contribution in [0.5, 0.6) is 0 Å². The molecule has 220 valence electrons. The molecule has 0 saturated carbocycles. The summed E-state index contributed by atoms with van der Waals surface area (Å²) in [7, 11) is -2.25. The first-order valence-electron chi connectivity index (χ1n) is 13.1. The molecular weight excluding hydrogens is 527 g/mol. The van der Waals surface area contributed by atoms with Gasteiger partial charge in [0, 0.05) is 18.5 Å². The topological polar surface area (TPSA) is 177 Å². The Morgan fingerprint density at radius 2 is 1.64 bits per heavy atom. The van der Waals surface area contributed by atoms with Crippen LogP contribution in [0.1, 0.15) is 92.1 Å². The SMILES string of the molecule is CCCN(CCC)P(N)(=O)OC(c1c(C(C)(C)CC(C)(C)n2ccnc2[N+](=O)[O-])nc([N+](=O)[O-])n1C)C(C)C. The van der Waals surface area contributed by atoms with Gasteiger partial charge in [-0.25, -0.2) is 19.3 Å². The van der Waals surface area contributed by atoms with Crippen LogP contribution in [0.3, 0.4) is 0 Å². The number of rotatable bonds is 15. The molecule has 2 heterocycles. The highest BCUT2D eigenvalue weighted by Crippen LogP contribution is 2.51. The molecule has 2 unspecified atom stereocenters. The molecule has 0 aromatic carbocycles. The first kappa shape index (κ1) is 32.5. The van der Waals surface area contributed by atoms with Crippen molar-refractivity contribution in [3.8, 4) is 0 Å². The Hall–Kier alpha value is -2.67. The van der Waals surface area contributed by atoms with Crippen molar-refractivity contribution in [3.05, 3.63) is 44.0 Å². The van der Waals surface area contributed by atoms with E-state index in [9.17, 15) is 24.8 Å². The maximum atomic E-state index is 13.7. The molecule has 2 aromatic rings. The lowest BCUT2D eigenvalue weighted by molar-refractivity contribution is -0.398. The Morgan fingerprint density at radius 1 is 1.10 bits per heavy atom. The van der Waals surface area contributed by atoms with Gasteiger partial charge >= 0.3 is 19.6 Å². The third-order valence-electron chi connectivity index (χ3n) is 6.73. The van der Waals surface area contributed by atoms with Gasteiger partial charge in [-0.2, -0.15) is 0 Å². The van der Waals surface area contributed by atoms with Crippen LogP contribution in [0.2, 0.25) is 0 Å². The smallest absolute Gasteiger partial charge is 0.390 e. The number of hydrogen-bond donors (Lipinski definition) is 1. The molecule has 0 aliphatic heterocycles. The Labute approximate surface area is 229 Å². The minimum absolute atomic E-state index is 0.265. The zero-order chi connectivity index (χ0) is 29.9. The fourth-order valence-corrected chi connectivity index (χ4v) is 7.02. The molecule has 0 saturated heterocycles. The lowest BCUT2D eigenvalue weighted by Gasteiger charge is -2.34. The number of nitrogens with zero attached hydrogens (tertiary/aromatic N) is 7. The van der Waals surface area contributed by atoms with Crippen LogP contribution in [0, 0.1) is 26.1 Å². The maximum Gasteiger partial charge on any atom is 0.434 e. The van der Waals surface area contributed by atoms with Crippen molar-refractivity contribution >= 4 is 19.6 Å². The molecule has 0 aliphatic carbocycles. The molecule has 2 N–H and O–H groups in total. The average Bonchev–Trinajstić information content (AvgIpc) is 3.43. The number of nitro groups is 2. The van der Waals surface area contributed by atoms with E-state index in [2.05, 4.69) is 9.97 Å². The van der Waals surface area contributed by atoms with E-state index < -0.39 is 34.6 Å². The monoisotopic (exact) mass is 570 g/mol. The number of hydrogen-bond acceptors (Lipinski definition) is 8. The fourth-order valence-electron chi connectivity index (χ4n) is 5.26. The van der Waals surface area contributed by atoms with Crippen LogP contribution < -0.4 is 5.50 Å². The van der Waals surface area contributed by atoms with Crippen molar-refractivity contribution in [1.29, 1.82) is 0 Å². The van der Waals surface area contributed by atoms with Crippen molar-refractivity contribution in [2.24, 2.45) is 18.5 Å². The van der Waals surface area contributed by atoms with Crippen molar-refractivity contribution in [3.63, 3.8) is 0 Å². The van der Waals surface area contributed by atoms with E-state index in [0.717, 1.165) is 12.8 Å². The van der Waals surface area contributed by atoms with E-state index in [-0.39, 0.29) is 17.8 Å². The first-order valence-corrected chi connectivity index (χ1v) is 14.8. The predicted octanol–water partition coefficient (Wildman–Crippen LogP) is 5.44. The van der Waals surface area contributed by atoms with E-state index >= 15 is 0 Å². The van der Waals surface area contributed by atoms with Crippen molar-refractivity contribution in [1.82, 2.24) is 23.8 Å². The summed E-state index contributed by atoms with van der Waals surface area (Å²) in [5.41, 5.74) is 5.44. The highest BCUT2D eigenvalue weighted by molar-refractivity contribution is 7.53. The molecular formula is C24H43N8O6P. The van der Waals surface area contributed by atoms with Gasteiger partial charge < -0.3 is 20.2 Å². The molecule has 15 heteroatoms. The van der Waals surface area contributed by atoms with E-state index in [4.69, 9.17) is 10.0 Å². The first-order chi connectivity index (χ1) is 17.9. The van der Waals surface area contributed by atoms with E-state index in [1.54, 1.807) is 4.67 Å². The molecule has 0 bridgehead atoms. The van der Waals surface area contributed by atoms with Gasteiger partial charge in [-0.05, 0) is 48.9 Å². The quantitative estimate of drug-likeness (QED) is 0.165. The minimum atomic E-state index is -3.78. The van der Waals surface area contributed by atoms with Crippen molar-refractivity contribution < 1.29 is 18.9 Å². The summed E-state index contributed by atoms with van der Waals surface area (Å²) in [5, 5.41) is 23.5. The molecule has 2 rings (SSSR count). The molecule has 0 aliphatic rings. The van der Waals surface area contributed by atoms with Gasteiger partial charge in [-0.1, -0.05) is 51.5 Å². The van der Waals surface area contributed by atoms with Gasteiger partial charge in [0.1, 0.15) is 24.2 Å². The number of imidazole rings is 2. The summed E-state index contributed by atoms with van der Waals surface area (Å²) in [6.07, 6.45) is 3.79. The number of nitrogens with two attached hydrogens (primary N) is 1. The Kier molecular flexibility index (Phi) is 10.2. The largest absolute Gasteiger partial charge is 0.434 e. The van der Waals surface area contributed by atoms with Crippen LogP contribution in [0.4, 0.5) is 11.9 Å². The van der Waals surface area contributed by atoms with Crippen LogP contribution in [0.25, 0.3) is 0 Å². The summed E-state index contributed by atoms with van der Waals surface area (Å²) >= 11 is 0. The fraction of sp³-hybridized carbons (Fsp3) is 0.750. The van der Waals surface area contributed by atoms with E-state index in [1.165, 1.54) is 28.6 Å². The summed E-state index contributed by atoms with van der Waals surface area (Å²) < 4.78 is 24.4. The van der Waals surface area contributed by atoms with Crippen LogP contribution in [-0.4, -0.2) is 46.7 Å². The third kappa shape index (κ3) is 7.10. The molecule has 39 heavy (non-hydrogen) atoms. The molecule has 0 amide bonds. The van der Waals surface area contributed by atoms with Crippen LogP contribution in [-0.2, 0) is 27.1 Å². The summed E-state index contributed by atoms with van der Waals surface area (Å²) in [6, 6.07) is 0. The van der Waals surface area contributed by atoms with E-state index in [1.807, 2.05) is 55.4 Å². The van der Waals surface area contributed by atoms with Crippen LogP contribution in [0.15, 0.2) is 12.4 Å². The number of aromatic nitrogens is 4. The average molecular weight is 571 g/mol. The summed E-state index contributed by atoms with van der Waals surface area (Å²) in [5.74, 6) is -0.957. The zero-order valence-corrected chi connectivity index (χ0v) is 25.3. The Morgan fingerprint density at radius 3 is 2.10 bits per heavy atom. The van der Waals surface area contributed by atoms with Crippen LogP contribution >= 0.6 is 7.67 Å². The molecule has 2 atom stereocenters. The zero-order valence-electron chi connectivity index (χ0n) is 24.4. The van der Waals surface area contributed by atoms with E-state index in [0.29, 0.717) is 30.9 Å². The molecule has 14 nitrogen and oxygen atoms in total. The van der Waals surface area contributed by atoms with Gasteiger partial charge in [-0.15, -0.1) is 0 Å². The highest BCUT2D eigenvalue weighted by Gasteiger charge is 2.46. The molecule has 2 aromatic heterocycles. The second-order valence-corrected chi connectivity index (χ2v) is 13.4. The molecule has 0 spiro atoms.